The van der Waals surface area contributed by atoms with Gasteiger partial charge in [-0.15, -0.1) is 12.4 Å². The van der Waals surface area contributed by atoms with Gasteiger partial charge in [-0.3, -0.25) is 9.59 Å². The van der Waals surface area contributed by atoms with Crippen LogP contribution in [0.3, 0.4) is 0 Å². The molecule has 2 aliphatic heterocycles. The summed E-state index contributed by atoms with van der Waals surface area (Å²) in [5, 5.41) is 8.85. The lowest BCUT2D eigenvalue weighted by molar-refractivity contribution is -0.134. The van der Waals surface area contributed by atoms with Crippen molar-refractivity contribution in [2.24, 2.45) is 0 Å². The highest BCUT2D eigenvalue weighted by atomic mass is 35.5. The van der Waals surface area contributed by atoms with Crippen molar-refractivity contribution >= 4 is 29.9 Å². The second-order valence-corrected chi connectivity index (χ2v) is 5.97. The third kappa shape index (κ3) is 5.67. The van der Waals surface area contributed by atoms with Gasteiger partial charge in [-0.1, -0.05) is 12.1 Å². The van der Waals surface area contributed by atoms with Crippen LogP contribution in [0.5, 0.6) is 0 Å². The van der Waals surface area contributed by atoms with Crippen molar-refractivity contribution in [3.8, 4) is 0 Å². The average Bonchev–Trinajstić information content (AvgIpc) is 3.15. The normalized spacial score (nSPS) is 22.7. The molecular formula is C17H24ClN3O4. The molecule has 1 aromatic rings. The van der Waals surface area contributed by atoms with E-state index < -0.39 is 6.10 Å². The van der Waals surface area contributed by atoms with Gasteiger partial charge in [-0.05, 0) is 30.5 Å². The number of carbonyl (C=O) groups excluding carboxylic acids is 2. The van der Waals surface area contributed by atoms with E-state index in [2.05, 4.69) is 16.0 Å². The van der Waals surface area contributed by atoms with Gasteiger partial charge in [-0.2, -0.15) is 0 Å². The van der Waals surface area contributed by atoms with E-state index >= 15 is 0 Å². The number of carbonyl (C=O) groups is 2. The number of nitrogens with one attached hydrogen (secondary N) is 3. The smallest absolute Gasteiger partial charge is 0.253 e. The van der Waals surface area contributed by atoms with Crippen LogP contribution in [-0.2, 0) is 25.6 Å². The number of rotatable bonds is 5. The number of halogens is 1. The Morgan fingerprint density at radius 3 is 2.72 bits per heavy atom. The molecule has 138 valence electrons. The molecule has 0 radical (unpaired) electrons. The number of hydrogen-bond donors (Lipinski definition) is 3. The number of hydrogen-bond acceptors (Lipinski definition) is 5. The standard InChI is InChI=1S/C17H23N3O4.ClH/c21-16(15-11-18-6-8-24-15)19-10-12-3-1-4-13(9-12)20-17(22)14-5-2-7-23-14;/h1,3-4,9,14-15,18H,2,5-8,10-11H2,(H,19,21)(H,20,22);1H. The molecule has 1 aromatic carbocycles. The van der Waals surface area contributed by atoms with Crippen LogP contribution < -0.4 is 16.0 Å². The molecule has 0 aromatic heterocycles. The first-order valence-electron chi connectivity index (χ1n) is 8.34. The van der Waals surface area contributed by atoms with E-state index in [0.717, 1.165) is 24.9 Å². The Balaban J connectivity index is 0.00000225. The van der Waals surface area contributed by atoms with Gasteiger partial charge in [0.1, 0.15) is 12.2 Å². The SMILES string of the molecule is Cl.O=C(NCc1cccc(NC(=O)C2CCCO2)c1)C1CNCCO1. The predicted octanol–water partition coefficient (Wildman–Crippen LogP) is 0.830. The molecule has 2 unspecified atom stereocenters. The number of benzene rings is 1. The van der Waals surface area contributed by atoms with E-state index in [1.807, 2.05) is 24.3 Å². The monoisotopic (exact) mass is 369 g/mol. The number of amides is 2. The first kappa shape index (κ1) is 19.7. The van der Waals surface area contributed by atoms with Gasteiger partial charge < -0.3 is 25.4 Å². The number of ether oxygens (including phenoxy) is 2. The van der Waals surface area contributed by atoms with Gasteiger partial charge >= 0.3 is 0 Å². The lowest BCUT2D eigenvalue weighted by Gasteiger charge is -2.22. The third-order valence-electron chi connectivity index (χ3n) is 4.10. The maximum atomic E-state index is 12.1. The fraction of sp³-hybridized carbons (Fsp3) is 0.529. The molecule has 0 saturated carbocycles. The van der Waals surface area contributed by atoms with Gasteiger partial charge in [0.15, 0.2) is 0 Å². The lowest BCUT2D eigenvalue weighted by Crippen LogP contribution is -2.47. The van der Waals surface area contributed by atoms with Gasteiger partial charge in [0.05, 0.1) is 6.61 Å². The molecule has 0 aliphatic carbocycles. The Morgan fingerprint density at radius 2 is 2.00 bits per heavy atom. The highest BCUT2D eigenvalue weighted by Crippen LogP contribution is 2.16. The average molecular weight is 370 g/mol. The first-order valence-corrected chi connectivity index (χ1v) is 8.34. The van der Waals surface area contributed by atoms with Crippen molar-refractivity contribution in [2.45, 2.75) is 31.6 Å². The summed E-state index contributed by atoms with van der Waals surface area (Å²) >= 11 is 0. The number of anilines is 1. The molecule has 2 atom stereocenters. The molecule has 2 aliphatic rings. The second kappa shape index (κ2) is 9.72. The van der Waals surface area contributed by atoms with Crippen LogP contribution in [0.15, 0.2) is 24.3 Å². The zero-order chi connectivity index (χ0) is 16.8. The van der Waals surface area contributed by atoms with Crippen LogP contribution in [0.4, 0.5) is 5.69 Å². The molecule has 25 heavy (non-hydrogen) atoms. The Labute approximate surface area is 153 Å². The summed E-state index contributed by atoms with van der Waals surface area (Å²) in [6, 6.07) is 7.44. The quantitative estimate of drug-likeness (QED) is 0.715. The zero-order valence-electron chi connectivity index (χ0n) is 14.0. The third-order valence-corrected chi connectivity index (χ3v) is 4.10. The van der Waals surface area contributed by atoms with Crippen molar-refractivity contribution in [1.82, 2.24) is 10.6 Å². The van der Waals surface area contributed by atoms with Crippen LogP contribution in [0.25, 0.3) is 0 Å². The molecule has 0 bridgehead atoms. The highest BCUT2D eigenvalue weighted by Gasteiger charge is 2.24. The molecule has 2 heterocycles. The minimum atomic E-state index is -0.443. The van der Waals surface area contributed by atoms with E-state index in [9.17, 15) is 9.59 Å². The topological polar surface area (TPSA) is 88.7 Å². The maximum absolute atomic E-state index is 12.1. The molecule has 8 heteroatoms. The van der Waals surface area contributed by atoms with Crippen molar-refractivity contribution < 1.29 is 19.1 Å². The summed E-state index contributed by atoms with van der Waals surface area (Å²) in [4.78, 5) is 24.1. The maximum Gasteiger partial charge on any atom is 0.253 e. The van der Waals surface area contributed by atoms with Crippen LogP contribution in [-0.4, -0.2) is 50.3 Å². The molecule has 3 N–H and O–H groups in total. The molecule has 0 spiro atoms. The molecule has 2 fully saturated rings. The largest absolute Gasteiger partial charge is 0.368 e. The van der Waals surface area contributed by atoms with Crippen LogP contribution in [0, 0.1) is 0 Å². The summed E-state index contributed by atoms with van der Waals surface area (Å²) in [6.07, 6.45) is 0.879. The van der Waals surface area contributed by atoms with E-state index in [1.165, 1.54) is 0 Å². The molecule has 7 nitrogen and oxygen atoms in total. The highest BCUT2D eigenvalue weighted by molar-refractivity contribution is 5.94. The van der Waals surface area contributed by atoms with Gasteiger partial charge in [0.2, 0.25) is 0 Å². The zero-order valence-corrected chi connectivity index (χ0v) is 14.8. The van der Waals surface area contributed by atoms with Crippen molar-refractivity contribution in [3.63, 3.8) is 0 Å². The van der Waals surface area contributed by atoms with Crippen molar-refractivity contribution in [2.75, 3.05) is 31.6 Å². The van der Waals surface area contributed by atoms with Gasteiger partial charge in [0.25, 0.3) is 11.8 Å². The molecular weight excluding hydrogens is 346 g/mol. The fourth-order valence-corrected chi connectivity index (χ4v) is 2.80. The van der Waals surface area contributed by atoms with Crippen LogP contribution in [0.1, 0.15) is 18.4 Å². The molecule has 2 amide bonds. The lowest BCUT2D eigenvalue weighted by atomic mass is 10.1. The van der Waals surface area contributed by atoms with E-state index in [4.69, 9.17) is 9.47 Å². The van der Waals surface area contributed by atoms with E-state index in [1.54, 1.807) is 0 Å². The predicted molar refractivity (Wildman–Crippen MR) is 95.8 cm³/mol. The summed E-state index contributed by atoms with van der Waals surface area (Å²) in [6.45, 7) is 2.88. The minimum Gasteiger partial charge on any atom is -0.368 e. The van der Waals surface area contributed by atoms with Crippen molar-refractivity contribution in [1.29, 1.82) is 0 Å². The minimum absolute atomic E-state index is 0. The Hall–Kier alpha value is -1.67. The van der Waals surface area contributed by atoms with Crippen LogP contribution >= 0.6 is 12.4 Å². The van der Waals surface area contributed by atoms with Crippen molar-refractivity contribution in [3.05, 3.63) is 29.8 Å². The molecule has 2 saturated heterocycles. The summed E-state index contributed by atoms with van der Waals surface area (Å²) in [5.74, 6) is -0.244. The summed E-state index contributed by atoms with van der Waals surface area (Å²) < 4.78 is 10.8. The fourth-order valence-electron chi connectivity index (χ4n) is 2.80. The Bertz CT molecular complexity index is 587. The number of morpholine rings is 1. The van der Waals surface area contributed by atoms with Crippen LogP contribution in [0.2, 0.25) is 0 Å². The van der Waals surface area contributed by atoms with Gasteiger partial charge in [-0.25, -0.2) is 0 Å². The first-order chi connectivity index (χ1) is 11.7. The summed E-state index contributed by atoms with van der Waals surface area (Å²) in [5.41, 5.74) is 1.62. The second-order valence-electron chi connectivity index (χ2n) is 5.97. The Morgan fingerprint density at radius 1 is 1.16 bits per heavy atom. The van der Waals surface area contributed by atoms with Gasteiger partial charge in [0, 0.05) is 31.9 Å². The summed E-state index contributed by atoms with van der Waals surface area (Å²) in [7, 11) is 0. The molecule has 3 rings (SSSR count). The Kier molecular flexibility index (Phi) is 7.64. The van der Waals surface area contributed by atoms with E-state index in [0.29, 0.717) is 32.0 Å². The van der Waals surface area contributed by atoms with E-state index in [-0.39, 0.29) is 30.3 Å².